The van der Waals surface area contributed by atoms with Gasteiger partial charge in [0.1, 0.15) is 0 Å². The molecule has 1 unspecified atom stereocenters. The number of ether oxygens (including phenoxy) is 1. The summed E-state index contributed by atoms with van der Waals surface area (Å²) in [6, 6.07) is 0. The number of morpholine rings is 1. The minimum absolute atomic E-state index is 0.181. The number of nitrogens with zero attached hydrogens (tertiary/aromatic N) is 3. The summed E-state index contributed by atoms with van der Waals surface area (Å²) in [6.07, 6.45) is 0.197. The van der Waals surface area contributed by atoms with Crippen molar-refractivity contribution < 1.29 is 9.53 Å². The Morgan fingerprint density at radius 2 is 2.15 bits per heavy atom. The molecular weight excluding hydrogens is 254 g/mol. The van der Waals surface area contributed by atoms with Crippen molar-refractivity contribution in [1.29, 1.82) is 0 Å². The molecule has 5 nitrogen and oxygen atoms in total. The molecule has 1 fully saturated rings. The van der Waals surface area contributed by atoms with Crippen LogP contribution >= 0.6 is 0 Å². The maximum absolute atomic E-state index is 12.3. The first kappa shape index (κ1) is 17.1. The maximum Gasteiger partial charge on any atom is 0.237 e. The molecule has 0 N–H and O–H groups in total. The van der Waals surface area contributed by atoms with Gasteiger partial charge in [0.15, 0.2) is 0 Å². The fraction of sp³-hybridized carbons (Fsp3) is 0.800. The maximum atomic E-state index is 12.3. The zero-order chi connectivity index (χ0) is 15.1. The van der Waals surface area contributed by atoms with E-state index in [0.717, 1.165) is 31.8 Å². The summed E-state index contributed by atoms with van der Waals surface area (Å²) in [5.41, 5.74) is 1.02. The Kier molecular flexibility index (Phi) is 7.19. The number of rotatable bonds is 7. The predicted molar refractivity (Wildman–Crippen MR) is 81.8 cm³/mol. The van der Waals surface area contributed by atoms with E-state index in [1.54, 1.807) is 0 Å². The van der Waals surface area contributed by atoms with Crippen molar-refractivity contribution >= 4 is 5.91 Å². The number of hydrogen-bond donors (Lipinski definition) is 0. The van der Waals surface area contributed by atoms with Crippen molar-refractivity contribution in [2.75, 3.05) is 60.0 Å². The second kappa shape index (κ2) is 8.39. The lowest BCUT2D eigenvalue weighted by molar-refractivity contribution is -0.134. The van der Waals surface area contributed by atoms with Crippen molar-refractivity contribution in [2.24, 2.45) is 0 Å². The summed E-state index contributed by atoms with van der Waals surface area (Å²) in [5, 5.41) is 0. The van der Waals surface area contributed by atoms with Gasteiger partial charge in [0.2, 0.25) is 5.91 Å². The summed E-state index contributed by atoms with van der Waals surface area (Å²) < 4.78 is 5.73. The van der Waals surface area contributed by atoms with E-state index in [4.69, 9.17) is 4.74 Å². The molecule has 20 heavy (non-hydrogen) atoms. The third kappa shape index (κ3) is 6.03. The lowest BCUT2D eigenvalue weighted by Crippen LogP contribution is -2.50. The topological polar surface area (TPSA) is 36.0 Å². The first-order chi connectivity index (χ1) is 9.42. The molecule has 1 amide bonds. The minimum atomic E-state index is 0.181. The summed E-state index contributed by atoms with van der Waals surface area (Å²) in [5.74, 6) is 0.181. The van der Waals surface area contributed by atoms with E-state index in [-0.39, 0.29) is 12.0 Å². The lowest BCUT2D eigenvalue weighted by atomic mass is 10.2. The molecule has 0 aromatic rings. The van der Waals surface area contributed by atoms with Crippen LogP contribution in [-0.4, -0.2) is 86.7 Å². The molecule has 1 atom stereocenters. The second-order valence-corrected chi connectivity index (χ2v) is 5.86. The van der Waals surface area contributed by atoms with Gasteiger partial charge in [-0.25, -0.2) is 0 Å². The van der Waals surface area contributed by atoms with Gasteiger partial charge < -0.3 is 14.5 Å². The van der Waals surface area contributed by atoms with Gasteiger partial charge >= 0.3 is 0 Å². The van der Waals surface area contributed by atoms with Gasteiger partial charge in [0, 0.05) is 32.7 Å². The quantitative estimate of drug-likeness (QED) is 0.644. The summed E-state index contributed by atoms with van der Waals surface area (Å²) in [4.78, 5) is 18.5. The van der Waals surface area contributed by atoms with E-state index < -0.39 is 0 Å². The molecule has 1 aliphatic rings. The summed E-state index contributed by atoms with van der Waals surface area (Å²) in [6.45, 7) is 13.0. The summed E-state index contributed by atoms with van der Waals surface area (Å²) >= 11 is 0. The first-order valence-corrected chi connectivity index (χ1v) is 7.33. The average molecular weight is 283 g/mol. The Bertz CT molecular complexity index is 331. The van der Waals surface area contributed by atoms with Crippen LogP contribution in [0.2, 0.25) is 0 Å². The highest BCUT2D eigenvalue weighted by molar-refractivity contribution is 5.78. The van der Waals surface area contributed by atoms with Crippen LogP contribution in [0.5, 0.6) is 0 Å². The van der Waals surface area contributed by atoms with E-state index in [0.29, 0.717) is 19.7 Å². The Labute approximate surface area is 123 Å². The Morgan fingerprint density at radius 3 is 2.70 bits per heavy atom. The molecule has 0 saturated carbocycles. The van der Waals surface area contributed by atoms with Crippen molar-refractivity contribution in [3.63, 3.8) is 0 Å². The van der Waals surface area contributed by atoms with Crippen LogP contribution in [0.4, 0.5) is 0 Å². The normalized spacial score (nSPS) is 20.1. The van der Waals surface area contributed by atoms with Crippen molar-refractivity contribution in [3.05, 3.63) is 12.2 Å². The molecule has 0 spiro atoms. The Balaban J connectivity index is 2.45. The van der Waals surface area contributed by atoms with Crippen LogP contribution in [0.25, 0.3) is 0 Å². The van der Waals surface area contributed by atoms with E-state index in [1.807, 2.05) is 32.8 Å². The standard InChI is InChI=1S/C15H29N3O2/c1-6-18(9-13(2)3)15(19)12-17-7-8-20-14(11-17)10-16(4)5/h14H,2,6-12H2,1,3-5H3. The zero-order valence-corrected chi connectivity index (χ0v) is 13.4. The van der Waals surface area contributed by atoms with Gasteiger partial charge in [-0.15, -0.1) is 0 Å². The second-order valence-electron chi connectivity index (χ2n) is 5.86. The van der Waals surface area contributed by atoms with Crippen LogP contribution in [0.1, 0.15) is 13.8 Å². The smallest absolute Gasteiger partial charge is 0.237 e. The van der Waals surface area contributed by atoms with Crippen LogP contribution < -0.4 is 0 Å². The molecule has 116 valence electrons. The molecule has 5 heteroatoms. The van der Waals surface area contributed by atoms with Gasteiger partial charge in [-0.1, -0.05) is 12.2 Å². The van der Waals surface area contributed by atoms with Crippen LogP contribution in [0, 0.1) is 0 Å². The monoisotopic (exact) mass is 283 g/mol. The number of carbonyl (C=O) groups is 1. The highest BCUT2D eigenvalue weighted by Crippen LogP contribution is 2.07. The van der Waals surface area contributed by atoms with E-state index >= 15 is 0 Å². The molecule has 0 aromatic heterocycles. The zero-order valence-electron chi connectivity index (χ0n) is 13.4. The highest BCUT2D eigenvalue weighted by atomic mass is 16.5. The minimum Gasteiger partial charge on any atom is -0.374 e. The molecule has 0 bridgehead atoms. The van der Waals surface area contributed by atoms with E-state index in [9.17, 15) is 4.79 Å². The fourth-order valence-corrected chi connectivity index (χ4v) is 2.44. The molecule has 1 saturated heterocycles. The fourth-order valence-electron chi connectivity index (χ4n) is 2.44. The molecule has 1 rings (SSSR count). The number of likely N-dealkylation sites (N-methyl/N-ethyl adjacent to an activating group) is 2. The Hall–Kier alpha value is -0.910. The first-order valence-electron chi connectivity index (χ1n) is 7.33. The number of carbonyl (C=O) groups excluding carboxylic acids is 1. The third-order valence-corrected chi connectivity index (χ3v) is 3.35. The van der Waals surface area contributed by atoms with Gasteiger partial charge in [0.25, 0.3) is 0 Å². The van der Waals surface area contributed by atoms with Gasteiger partial charge in [-0.05, 0) is 27.9 Å². The van der Waals surface area contributed by atoms with Crippen molar-refractivity contribution in [3.8, 4) is 0 Å². The molecule has 1 aliphatic heterocycles. The van der Waals surface area contributed by atoms with Gasteiger partial charge in [0.05, 0.1) is 19.3 Å². The third-order valence-electron chi connectivity index (χ3n) is 3.35. The molecule has 0 aliphatic carbocycles. The number of amides is 1. The predicted octanol–water partition coefficient (Wildman–Crippen LogP) is 0.673. The molecule has 0 radical (unpaired) electrons. The Morgan fingerprint density at radius 1 is 1.45 bits per heavy atom. The van der Waals surface area contributed by atoms with Gasteiger partial charge in [-0.2, -0.15) is 0 Å². The van der Waals surface area contributed by atoms with Crippen LogP contribution in [-0.2, 0) is 9.53 Å². The number of hydrogen-bond acceptors (Lipinski definition) is 4. The van der Waals surface area contributed by atoms with Crippen molar-refractivity contribution in [1.82, 2.24) is 14.7 Å². The summed E-state index contributed by atoms with van der Waals surface area (Å²) in [7, 11) is 4.08. The molecule has 0 aromatic carbocycles. The molecular formula is C15H29N3O2. The van der Waals surface area contributed by atoms with Gasteiger partial charge in [-0.3, -0.25) is 9.69 Å². The largest absolute Gasteiger partial charge is 0.374 e. The van der Waals surface area contributed by atoms with Crippen LogP contribution in [0.3, 0.4) is 0 Å². The van der Waals surface area contributed by atoms with Crippen molar-refractivity contribution in [2.45, 2.75) is 20.0 Å². The van der Waals surface area contributed by atoms with E-state index in [1.165, 1.54) is 0 Å². The highest BCUT2D eigenvalue weighted by Gasteiger charge is 2.24. The SMILES string of the molecule is C=C(C)CN(CC)C(=O)CN1CCOC(CN(C)C)C1. The molecule has 1 heterocycles. The van der Waals surface area contributed by atoms with E-state index in [2.05, 4.69) is 16.4 Å². The lowest BCUT2D eigenvalue weighted by Gasteiger charge is -2.34. The average Bonchev–Trinajstić information content (AvgIpc) is 2.35. The van der Waals surface area contributed by atoms with Crippen LogP contribution in [0.15, 0.2) is 12.2 Å².